The third kappa shape index (κ3) is 4.39. The predicted molar refractivity (Wildman–Crippen MR) is 109 cm³/mol. The van der Waals surface area contributed by atoms with Gasteiger partial charge in [0.15, 0.2) is 5.75 Å². The van der Waals surface area contributed by atoms with Crippen molar-refractivity contribution in [1.82, 2.24) is 9.47 Å². The van der Waals surface area contributed by atoms with Crippen LogP contribution in [0.3, 0.4) is 0 Å². The van der Waals surface area contributed by atoms with Crippen LogP contribution >= 0.6 is 0 Å². The molecule has 0 amide bonds. The molecule has 0 bridgehead atoms. The highest BCUT2D eigenvalue weighted by Crippen LogP contribution is 2.28. The van der Waals surface area contributed by atoms with Crippen molar-refractivity contribution in [2.24, 2.45) is 0 Å². The number of allylic oxidation sites excluding steroid dienone is 3. The number of benzene rings is 1. The van der Waals surface area contributed by atoms with Crippen LogP contribution in [-0.4, -0.2) is 27.7 Å². The average Bonchev–Trinajstić information content (AvgIpc) is 2.69. The monoisotopic (exact) mass is 360 g/mol. The number of terminal acetylenes is 1. The fourth-order valence-corrected chi connectivity index (χ4v) is 3.56. The summed E-state index contributed by atoms with van der Waals surface area (Å²) < 4.78 is 1.96. The molecule has 138 valence electrons. The van der Waals surface area contributed by atoms with Crippen LogP contribution in [0.4, 0.5) is 0 Å². The van der Waals surface area contributed by atoms with Gasteiger partial charge >= 0.3 is 0 Å². The predicted octanol–water partition coefficient (Wildman–Crippen LogP) is 3.29. The van der Waals surface area contributed by atoms with Crippen LogP contribution < -0.4 is 5.43 Å². The minimum Gasteiger partial charge on any atom is -0.503 e. The summed E-state index contributed by atoms with van der Waals surface area (Å²) in [5.41, 5.74) is 3.01. The second kappa shape index (κ2) is 8.57. The van der Waals surface area contributed by atoms with E-state index in [2.05, 4.69) is 29.0 Å². The molecule has 27 heavy (non-hydrogen) atoms. The van der Waals surface area contributed by atoms with Crippen LogP contribution in [0.25, 0.3) is 0 Å². The molecule has 4 heteroatoms. The van der Waals surface area contributed by atoms with Crippen LogP contribution in [0, 0.1) is 12.3 Å². The Morgan fingerprint density at radius 3 is 2.81 bits per heavy atom. The smallest absolute Gasteiger partial charge is 0.223 e. The molecule has 4 nitrogen and oxygen atoms in total. The Morgan fingerprint density at radius 1 is 1.33 bits per heavy atom. The van der Waals surface area contributed by atoms with Crippen molar-refractivity contribution in [2.45, 2.75) is 25.9 Å². The van der Waals surface area contributed by atoms with Crippen LogP contribution in [0.15, 0.2) is 71.2 Å². The maximum Gasteiger partial charge on any atom is 0.223 e. The second-order valence-electron chi connectivity index (χ2n) is 6.69. The zero-order valence-electron chi connectivity index (χ0n) is 15.5. The van der Waals surface area contributed by atoms with E-state index in [1.165, 1.54) is 23.4 Å². The minimum atomic E-state index is -0.325. The van der Waals surface area contributed by atoms with Crippen molar-refractivity contribution in [3.05, 3.63) is 87.9 Å². The van der Waals surface area contributed by atoms with E-state index in [0.717, 1.165) is 25.3 Å². The standard InChI is InChI=1S/C23H24N2O2/c1-3-5-9-18(4-2)21(19-10-7-6-8-11-19)16-24-12-13-25-17-23(27)22(26)14-20(25)15-24/h1,4-11,14,17,21,27H,12-13,15-16H2,2H3/b9-5-,18-4+. The van der Waals surface area contributed by atoms with Crippen LogP contribution in [0.1, 0.15) is 24.1 Å². The van der Waals surface area contributed by atoms with Crippen molar-refractivity contribution in [3.63, 3.8) is 0 Å². The molecule has 2 aromatic rings. The van der Waals surface area contributed by atoms with E-state index in [-0.39, 0.29) is 17.1 Å². The molecular weight excluding hydrogens is 336 g/mol. The molecule has 0 aliphatic carbocycles. The van der Waals surface area contributed by atoms with Crippen molar-refractivity contribution in [3.8, 4) is 18.1 Å². The number of nitrogens with zero attached hydrogens (tertiary/aromatic N) is 2. The molecular formula is C23H24N2O2. The largest absolute Gasteiger partial charge is 0.503 e. The quantitative estimate of drug-likeness (QED) is 0.657. The van der Waals surface area contributed by atoms with Gasteiger partial charge in [-0.1, -0.05) is 48.4 Å². The topological polar surface area (TPSA) is 45.5 Å². The van der Waals surface area contributed by atoms with Crippen molar-refractivity contribution in [2.75, 3.05) is 13.1 Å². The lowest BCUT2D eigenvalue weighted by Crippen LogP contribution is -2.37. The lowest BCUT2D eigenvalue weighted by atomic mass is 9.89. The lowest BCUT2D eigenvalue weighted by Gasteiger charge is -2.33. The summed E-state index contributed by atoms with van der Waals surface area (Å²) in [7, 11) is 0. The van der Waals surface area contributed by atoms with E-state index in [1.54, 1.807) is 6.08 Å². The van der Waals surface area contributed by atoms with Crippen LogP contribution in [0.2, 0.25) is 0 Å². The fourth-order valence-electron chi connectivity index (χ4n) is 3.56. The Morgan fingerprint density at radius 2 is 2.11 bits per heavy atom. The van der Waals surface area contributed by atoms with Gasteiger partial charge in [0.25, 0.3) is 0 Å². The first kappa shape index (κ1) is 18.8. The summed E-state index contributed by atoms with van der Waals surface area (Å²) in [6.07, 6.45) is 12.8. The van der Waals surface area contributed by atoms with E-state index in [4.69, 9.17) is 6.42 Å². The Balaban J connectivity index is 1.86. The number of hydrogen-bond acceptors (Lipinski definition) is 3. The number of rotatable bonds is 5. The van der Waals surface area contributed by atoms with E-state index in [0.29, 0.717) is 6.54 Å². The van der Waals surface area contributed by atoms with E-state index >= 15 is 0 Å². The van der Waals surface area contributed by atoms with Crippen molar-refractivity contribution >= 4 is 0 Å². The minimum absolute atomic E-state index is 0.190. The number of aromatic nitrogens is 1. The Kier molecular flexibility index (Phi) is 5.95. The van der Waals surface area contributed by atoms with Gasteiger partial charge in [-0.3, -0.25) is 9.69 Å². The zero-order chi connectivity index (χ0) is 19.2. The Labute approximate surface area is 160 Å². The van der Waals surface area contributed by atoms with Gasteiger partial charge in [-0.15, -0.1) is 6.42 Å². The summed E-state index contributed by atoms with van der Waals surface area (Å²) in [5, 5.41) is 9.64. The molecule has 1 aliphatic rings. The number of aromatic hydroxyl groups is 1. The highest BCUT2D eigenvalue weighted by molar-refractivity contribution is 5.37. The summed E-state index contributed by atoms with van der Waals surface area (Å²) in [4.78, 5) is 14.1. The van der Waals surface area contributed by atoms with Gasteiger partial charge < -0.3 is 9.67 Å². The third-order valence-corrected chi connectivity index (χ3v) is 4.99. The normalized spacial score (nSPS) is 16.1. The summed E-state index contributed by atoms with van der Waals surface area (Å²) in [5.74, 6) is 2.57. The number of pyridine rings is 1. The van der Waals surface area contributed by atoms with Crippen molar-refractivity contribution in [1.29, 1.82) is 0 Å². The Bertz CT molecular complexity index is 949. The van der Waals surface area contributed by atoms with Gasteiger partial charge in [-0.2, -0.15) is 0 Å². The van der Waals surface area contributed by atoms with E-state index in [9.17, 15) is 9.90 Å². The van der Waals surface area contributed by atoms with Gasteiger partial charge in [0.2, 0.25) is 5.43 Å². The summed E-state index contributed by atoms with van der Waals surface area (Å²) in [6.45, 7) is 5.13. The number of hydrogen-bond donors (Lipinski definition) is 1. The average molecular weight is 360 g/mol. The first-order valence-electron chi connectivity index (χ1n) is 9.11. The summed E-state index contributed by atoms with van der Waals surface area (Å²) in [6, 6.07) is 11.9. The van der Waals surface area contributed by atoms with Crippen LogP contribution in [-0.2, 0) is 13.1 Å². The molecule has 1 N–H and O–H groups in total. The number of fused-ring (bicyclic) bond motifs is 1. The lowest BCUT2D eigenvalue weighted by molar-refractivity contribution is 0.212. The molecule has 1 aliphatic heterocycles. The first-order chi connectivity index (χ1) is 13.1. The fraction of sp³-hybridized carbons (Fsp3) is 0.261. The highest BCUT2D eigenvalue weighted by atomic mass is 16.3. The van der Waals surface area contributed by atoms with E-state index < -0.39 is 0 Å². The zero-order valence-corrected chi connectivity index (χ0v) is 15.5. The van der Waals surface area contributed by atoms with Gasteiger partial charge in [-0.05, 0) is 24.1 Å². The highest BCUT2D eigenvalue weighted by Gasteiger charge is 2.22. The summed E-state index contributed by atoms with van der Waals surface area (Å²) >= 11 is 0. The molecule has 0 saturated heterocycles. The van der Waals surface area contributed by atoms with Gasteiger partial charge in [-0.25, -0.2) is 0 Å². The van der Waals surface area contributed by atoms with Gasteiger partial charge in [0.05, 0.1) is 6.20 Å². The maximum atomic E-state index is 11.8. The molecule has 1 atom stereocenters. The van der Waals surface area contributed by atoms with Gasteiger partial charge in [0, 0.05) is 43.9 Å². The molecule has 3 rings (SSSR count). The Hall–Kier alpha value is -3.03. The molecule has 1 aromatic heterocycles. The molecule has 1 unspecified atom stereocenters. The molecule has 1 aromatic carbocycles. The molecule has 0 saturated carbocycles. The molecule has 2 heterocycles. The van der Waals surface area contributed by atoms with E-state index in [1.807, 2.05) is 35.8 Å². The SMILES string of the molecule is C#C/C=C\C(=C/C)C(CN1CCn2cc(O)c(=O)cc2C1)c1ccccc1. The third-order valence-electron chi connectivity index (χ3n) is 4.99. The maximum absolute atomic E-state index is 11.8. The molecule has 0 fully saturated rings. The van der Waals surface area contributed by atoms with Crippen molar-refractivity contribution < 1.29 is 5.11 Å². The van der Waals surface area contributed by atoms with Crippen LogP contribution in [0.5, 0.6) is 5.75 Å². The first-order valence-corrected chi connectivity index (χ1v) is 9.11. The van der Waals surface area contributed by atoms with Gasteiger partial charge in [0.1, 0.15) is 0 Å². The molecule has 0 spiro atoms. The molecule has 0 radical (unpaired) electrons. The second-order valence-corrected chi connectivity index (χ2v) is 6.69.